The smallest absolute Gasteiger partial charge is 0.255 e. The number of anilines is 2. The van der Waals surface area contributed by atoms with Crippen molar-refractivity contribution < 1.29 is 14.3 Å². The maximum absolute atomic E-state index is 12.7. The highest BCUT2D eigenvalue weighted by molar-refractivity contribution is 8.00. The highest BCUT2D eigenvalue weighted by Crippen LogP contribution is 2.45. The minimum Gasteiger partial charge on any atom is -0.495 e. The third-order valence-electron chi connectivity index (χ3n) is 4.68. The fraction of sp³-hybridized carbons (Fsp3) is 0.130. The molecule has 5 nitrogen and oxygen atoms in total. The molecular weight excluding hydrogens is 384 g/mol. The van der Waals surface area contributed by atoms with Gasteiger partial charge in [0.05, 0.1) is 18.6 Å². The molecule has 0 aromatic heterocycles. The summed E-state index contributed by atoms with van der Waals surface area (Å²) in [6.07, 6.45) is 0. The number of carbonyl (C=O) groups is 2. The molecule has 0 aliphatic carbocycles. The SMILES string of the molecule is COc1ccccc1N1C(=O)CS[C@H]1c1cccc(NC(=O)c2ccccc2)c1. The summed E-state index contributed by atoms with van der Waals surface area (Å²) in [7, 11) is 1.60. The zero-order valence-electron chi connectivity index (χ0n) is 15.9. The van der Waals surface area contributed by atoms with Gasteiger partial charge in [-0.25, -0.2) is 0 Å². The predicted octanol–water partition coefficient (Wildman–Crippen LogP) is 4.73. The number of nitrogens with one attached hydrogen (secondary N) is 1. The van der Waals surface area contributed by atoms with Crippen LogP contribution < -0.4 is 15.0 Å². The van der Waals surface area contributed by atoms with Crippen LogP contribution in [-0.2, 0) is 4.79 Å². The molecule has 29 heavy (non-hydrogen) atoms. The summed E-state index contributed by atoms with van der Waals surface area (Å²) in [6, 6.07) is 24.2. The highest BCUT2D eigenvalue weighted by Gasteiger charge is 2.35. The van der Waals surface area contributed by atoms with Crippen molar-refractivity contribution in [3.05, 3.63) is 90.0 Å². The quantitative estimate of drug-likeness (QED) is 0.668. The molecule has 0 saturated carbocycles. The molecule has 1 saturated heterocycles. The van der Waals surface area contributed by atoms with E-state index in [2.05, 4.69) is 5.32 Å². The van der Waals surface area contributed by atoms with Gasteiger partial charge in [0.15, 0.2) is 0 Å². The van der Waals surface area contributed by atoms with Crippen LogP contribution in [0.15, 0.2) is 78.9 Å². The average Bonchev–Trinajstić information content (AvgIpc) is 3.15. The first-order valence-electron chi connectivity index (χ1n) is 9.20. The molecule has 6 heteroatoms. The van der Waals surface area contributed by atoms with Crippen molar-refractivity contribution in [3.63, 3.8) is 0 Å². The lowest BCUT2D eigenvalue weighted by atomic mass is 10.1. The zero-order chi connectivity index (χ0) is 20.2. The van der Waals surface area contributed by atoms with Gasteiger partial charge in [0.2, 0.25) is 5.91 Å². The van der Waals surface area contributed by atoms with Crippen LogP contribution in [0.2, 0.25) is 0 Å². The van der Waals surface area contributed by atoms with Gasteiger partial charge < -0.3 is 10.1 Å². The van der Waals surface area contributed by atoms with E-state index in [4.69, 9.17) is 4.74 Å². The summed E-state index contributed by atoms with van der Waals surface area (Å²) in [4.78, 5) is 26.9. The summed E-state index contributed by atoms with van der Waals surface area (Å²) in [6.45, 7) is 0. The number of para-hydroxylation sites is 2. The van der Waals surface area contributed by atoms with Gasteiger partial charge in [0, 0.05) is 11.3 Å². The minimum atomic E-state index is -0.188. The average molecular weight is 404 g/mol. The zero-order valence-corrected chi connectivity index (χ0v) is 16.7. The molecule has 2 amide bonds. The third-order valence-corrected chi connectivity index (χ3v) is 5.89. The molecule has 1 aliphatic rings. The van der Waals surface area contributed by atoms with Crippen molar-refractivity contribution in [2.45, 2.75) is 5.37 Å². The van der Waals surface area contributed by atoms with Crippen LogP contribution in [0, 0.1) is 0 Å². The van der Waals surface area contributed by atoms with Crippen LogP contribution in [-0.4, -0.2) is 24.7 Å². The molecule has 146 valence electrons. The molecule has 0 unspecified atom stereocenters. The van der Waals surface area contributed by atoms with E-state index in [-0.39, 0.29) is 17.2 Å². The Morgan fingerprint density at radius 3 is 2.59 bits per heavy atom. The van der Waals surface area contributed by atoms with E-state index in [1.165, 1.54) is 0 Å². The summed E-state index contributed by atoms with van der Waals surface area (Å²) < 4.78 is 5.46. The molecule has 1 N–H and O–H groups in total. The van der Waals surface area contributed by atoms with Gasteiger partial charge in [0.25, 0.3) is 5.91 Å². The second-order valence-electron chi connectivity index (χ2n) is 6.54. The first kappa shape index (κ1) is 19.1. The van der Waals surface area contributed by atoms with Crippen LogP contribution in [0.5, 0.6) is 5.75 Å². The summed E-state index contributed by atoms with van der Waals surface area (Å²) in [5.74, 6) is 0.910. The van der Waals surface area contributed by atoms with Crippen molar-refractivity contribution in [2.24, 2.45) is 0 Å². The number of ether oxygens (including phenoxy) is 1. The van der Waals surface area contributed by atoms with E-state index < -0.39 is 0 Å². The van der Waals surface area contributed by atoms with Gasteiger partial charge in [-0.05, 0) is 42.0 Å². The Balaban J connectivity index is 1.61. The second-order valence-corrected chi connectivity index (χ2v) is 7.61. The Hall–Kier alpha value is -3.25. The van der Waals surface area contributed by atoms with Gasteiger partial charge in [-0.3, -0.25) is 14.5 Å². The number of rotatable bonds is 5. The van der Waals surface area contributed by atoms with Crippen LogP contribution in [0.3, 0.4) is 0 Å². The van der Waals surface area contributed by atoms with E-state index in [0.29, 0.717) is 22.8 Å². The maximum atomic E-state index is 12.7. The molecule has 0 radical (unpaired) electrons. The monoisotopic (exact) mass is 404 g/mol. The molecule has 3 aromatic carbocycles. The molecule has 0 bridgehead atoms. The number of hydrogen-bond acceptors (Lipinski definition) is 4. The maximum Gasteiger partial charge on any atom is 0.255 e. The Labute approximate surface area is 173 Å². The Morgan fingerprint density at radius 1 is 1.03 bits per heavy atom. The number of benzene rings is 3. The molecular formula is C23H20N2O3S. The summed E-state index contributed by atoms with van der Waals surface area (Å²) in [5.41, 5.74) is 2.97. The first-order chi connectivity index (χ1) is 14.2. The van der Waals surface area contributed by atoms with Crippen LogP contribution in [0.4, 0.5) is 11.4 Å². The van der Waals surface area contributed by atoms with Gasteiger partial charge in [-0.15, -0.1) is 11.8 Å². The minimum absolute atomic E-state index is 0.0308. The molecule has 1 atom stereocenters. The fourth-order valence-corrected chi connectivity index (χ4v) is 4.48. The summed E-state index contributed by atoms with van der Waals surface area (Å²) in [5, 5.41) is 2.75. The van der Waals surface area contributed by atoms with E-state index in [1.807, 2.05) is 66.7 Å². The number of nitrogens with zero attached hydrogens (tertiary/aromatic N) is 1. The lowest BCUT2D eigenvalue weighted by molar-refractivity contribution is -0.115. The molecule has 1 aliphatic heterocycles. The van der Waals surface area contributed by atoms with Crippen LogP contribution in [0.25, 0.3) is 0 Å². The van der Waals surface area contributed by atoms with Gasteiger partial charge in [-0.1, -0.05) is 42.5 Å². The fourth-order valence-electron chi connectivity index (χ4n) is 3.32. The number of methoxy groups -OCH3 is 1. The third kappa shape index (κ3) is 3.98. The van der Waals surface area contributed by atoms with E-state index in [1.54, 1.807) is 35.9 Å². The molecule has 4 rings (SSSR count). The Morgan fingerprint density at radius 2 is 1.79 bits per heavy atom. The van der Waals surface area contributed by atoms with Crippen molar-refractivity contribution >= 4 is 35.0 Å². The Kier molecular flexibility index (Phi) is 5.53. The lowest BCUT2D eigenvalue weighted by Gasteiger charge is -2.26. The van der Waals surface area contributed by atoms with E-state index in [9.17, 15) is 9.59 Å². The van der Waals surface area contributed by atoms with Gasteiger partial charge in [0.1, 0.15) is 11.1 Å². The van der Waals surface area contributed by atoms with Crippen molar-refractivity contribution in [3.8, 4) is 5.75 Å². The van der Waals surface area contributed by atoms with Crippen molar-refractivity contribution in [1.29, 1.82) is 0 Å². The Bertz CT molecular complexity index is 1040. The van der Waals surface area contributed by atoms with E-state index in [0.717, 1.165) is 11.3 Å². The number of thioether (sulfide) groups is 1. The largest absolute Gasteiger partial charge is 0.495 e. The molecule has 3 aromatic rings. The van der Waals surface area contributed by atoms with Crippen LogP contribution >= 0.6 is 11.8 Å². The number of hydrogen-bond donors (Lipinski definition) is 1. The highest BCUT2D eigenvalue weighted by atomic mass is 32.2. The second kappa shape index (κ2) is 8.41. The molecule has 0 spiro atoms. The normalized spacial score (nSPS) is 16.0. The van der Waals surface area contributed by atoms with Crippen molar-refractivity contribution in [2.75, 3.05) is 23.1 Å². The number of amides is 2. The number of carbonyl (C=O) groups excluding carboxylic acids is 2. The standard InChI is InChI=1S/C23H20N2O3S/c1-28-20-13-6-5-12-19(20)25-21(26)15-29-23(25)17-10-7-11-18(14-17)24-22(27)16-8-3-2-4-9-16/h2-14,23H,15H2,1H3,(H,24,27)/t23-/m0/s1. The predicted molar refractivity (Wildman–Crippen MR) is 117 cm³/mol. The topological polar surface area (TPSA) is 58.6 Å². The molecule has 1 fully saturated rings. The van der Waals surface area contributed by atoms with Gasteiger partial charge >= 0.3 is 0 Å². The lowest BCUT2D eigenvalue weighted by Crippen LogP contribution is -2.28. The van der Waals surface area contributed by atoms with Crippen LogP contribution in [0.1, 0.15) is 21.3 Å². The first-order valence-corrected chi connectivity index (χ1v) is 10.3. The van der Waals surface area contributed by atoms with E-state index >= 15 is 0 Å². The molecule has 1 heterocycles. The van der Waals surface area contributed by atoms with Crippen molar-refractivity contribution in [1.82, 2.24) is 0 Å². The summed E-state index contributed by atoms with van der Waals surface area (Å²) >= 11 is 1.56. The van der Waals surface area contributed by atoms with Gasteiger partial charge in [-0.2, -0.15) is 0 Å².